The Labute approximate surface area is 143 Å². The fraction of sp³-hybridized carbons (Fsp3) is 0.333. The van der Waals surface area contributed by atoms with Crippen molar-refractivity contribution in [3.63, 3.8) is 0 Å². The fourth-order valence-corrected chi connectivity index (χ4v) is 3.95. The minimum Gasteiger partial charge on any atom is -0.483 e. The first kappa shape index (κ1) is 17.4. The van der Waals surface area contributed by atoms with Crippen molar-refractivity contribution in [1.29, 1.82) is 0 Å². The van der Waals surface area contributed by atoms with E-state index in [1.54, 1.807) is 0 Å². The first-order valence-corrected chi connectivity index (χ1v) is 8.97. The summed E-state index contributed by atoms with van der Waals surface area (Å²) in [6.07, 6.45) is 1.63. The van der Waals surface area contributed by atoms with E-state index in [1.807, 2.05) is 0 Å². The highest BCUT2D eigenvalue weighted by Gasteiger charge is 2.30. The Hall–Kier alpha value is -2.46. The van der Waals surface area contributed by atoms with Crippen LogP contribution in [0.1, 0.15) is 18.6 Å². The first-order valence-electron chi connectivity index (χ1n) is 7.53. The molecule has 2 aromatic rings. The molecule has 0 amide bonds. The van der Waals surface area contributed by atoms with Crippen molar-refractivity contribution >= 4 is 15.7 Å². The number of rotatable bonds is 6. The molecule has 0 saturated carbocycles. The minimum absolute atomic E-state index is 0.183. The molecule has 1 aromatic heterocycles. The van der Waals surface area contributed by atoms with E-state index in [2.05, 4.69) is 0 Å². The maximum Gasteiger partial charge on any atom is 0.276 e. The van der Waals surface area contributed by atoms with E-state index < -0.39 is 20.8 Å². The van der Waals surface area contributed by atoms with Crippen LogP contribution in [0.2, 0.25) is 0 Å². The van der Waals surface area contributed by atoms with Gasteiger partial charge in [0.05, 0.1) is 11.0 Å². The average molecular weight is 370 g/mol. The lowest BCUT2D eigenvalue weighted by molar-refractivity contribution is -0.385. The molecule has 0 spiro atoms. The number of nitro groups is 1. The van der Waals surface area contributed by atoms with E-state index in [9.17, 15) is 22.9 Å². The normalized spacial score (nSPS) is 15.4. The van der Waals surface area contributed by atoms with Crippen molar-refractivity contribution in [2.24, 2.45) is 0 Å². The molecular weight excluding hydrogens is 355 g/mol. The van der Waals surface area contributed by atoms with Crippen LogP contribution in [0.15, 0.2) is 39.8 Å². The summed E-state index contributed by atoms with van der Waals surface area (Å²) in [6, 6.07) is 5.77. The highest BCUT2D eigenvalue weighted by molar-refractivity contribution is 7.89. The van der Waals surface area contributed by atoms with Gasteiger partial charge in [0.2, 0.25) is 5.09 Å². The second kappa shape index (κ2) is 6.81. The molecule has 1 aromatic carbocycles. The number of ether oxygens (including phenoxy) is 1. The van der Waals surface area contributed by atoms with Crippen LogP contribution < -0.4 is 4.74 Å². The van der Waals surface area contributed by atoms with Crippen LogP contribution in [0.5, 0.6) is 5.75 Å². The van der Waals surface area contributed by atoms with Crippen LogP contribution in [0.4, 0.5) is 10.1 Å². The SMILES string of the molecule is O=[N+]([O-])c1ccc(OCc2ccc(S(=O)(=O)N3CCCC3)o2)c(F)c1. The Morgan fingerprint density at radius 3 is 2.60 bits per heavy atom. The van der Waals surface area contributed by atoms with Crippen molar-refractivity contribution in [3.05, 3.63) is 52.0 Å². The quantitative estimate of drug-likeness (QED) is 0.572. The Bertz CT molecular complexity index is 889. The Kier molecular flexibility index (Phi) is 4.73. The number of halogens is 1. The van der Waals surface area contributed by atoms with Crippen molar-refractivity contribution in [3.8, 4) is 5.75 Å². The summed E-state index contributed by atoms with van der Waals surface area (Å²) in [5, 5.41) is 10.4. The van der Waals surface area contributed by atoms with Gasteiger partial charge in [-0.15, -0.1) is 0 Å². The van der Waals surface area contributed by atoms with Gasteiger partial charge in [0, 0.05) is 19.2 Å². The van der Waals surface area contributed by atoms with Crippen LogP contribution in [0, 0.1) is 15.9 Å². The molecule has 25 heavy (non-hydrogen) atoms. The molecule has 10 heteroatoms. The number of hydrogen-bond donors (Lipinski definition) is 0. The molecule has 0 atom stereocenters. The minimum atomic E-state index is -3.66. The van der Waals surface area contributed by atoms with Crippen molar-refractivity contribution in [2.75, 3.05) is 13.1 Å². The molecule has 134 valence electrons. The standard InChI is InChI=1S/C15H15FN2O6S/c16-13-9-11(18(19)20)3-5-14(13)23-10-12-4-6-15(24-12)25(21,22)17-7-1-2-8-17/h3-6,9H,1-2,7-8,10H2. The van der Waals surface area contributed by atoms with Crippen LogP contribution in [0.25, 0.3) is 0 Å². The van der Waals surface area contributed by atoms with Gasteiger partial charge in [-0.3, -0.25) is 10.1 Å². The number of non-ortho nitro benzene ring substituents is 1. The summed E-state index contributed by atoms with van der Waals surface area (Å²) in [5.41, 5.74) is -0.387. The lowest BCUT2D eigenvalue weighted by Gasteiger charge is -2.12. The van der Waals surface area contributed by atoms with E-state index in [0.29, 0.717) is 13.1 Å². The van der Waals surface area contributed by atoms with E-state index in [0.717, 1.165) is 31.0 Å². The second-order valence-corrected chi connectivity index (χ2v) is 7.36. The number of sulfonamides is 1. The van der Waals surface area contributed by atoms with Crippen molar-refractivity contribution in [2.45, 2.75) is 24.5 Å². The predicted molar refractivity (Wildman–Crippen MR) is 84.1 cm³/mol. The number of nitrogens with zero attached hydrogens (tertiary/aromatic N) is 2. The molecule has 3 rings (SSSR count). The highest BCUT2D eigenvalue weighted by atomic mass is 32.2. The Morgan fingerprint density at radius 2 is 1.96 bits per heavy atom. The first-order chi connectivity index (χ1) is 11.9. The zero-order valence-electron chi connectivity index (χ0n) is 13.1. The highest BCUT2D eigenvalue weighted by Crippen LogP contribution is 2.25. The molecule has 0 N–H and O–H groups in total. The molecule has 0 aliphatic carbocycles. The van der Waals surface area contributed by atoms with E-state index in [1.165, 1.54) is 16.4 Å². The molecule has 0 radical (unpaired) electrons. The van der Waals surface area contributed by atoms with Crippen LogP contribution >= 0.6 is 0 Å². The average Bonchev–Trinajstić information content (AvgIpc) is 3.25. The summed E-state index contributed by atoms with van der Waals surface area (Å²) in [4.78, 5) is 9.86. The molecule has 8 nitrogen and oxygen atoms in total. The van der Waals surface area contributed by atoms with Crippen LogP contribution in [0.3, 0.4) is 0 Å². The molecule has 0 bridgehead atoms. The molecule has 0 unspecified atom stereocenters. The van der Waals surface area contributed by atoms with Crippen LogP contribution in [-0.4, -0.2) is 30.7 Å². The van der Waals surface area contributed by atoms with Gasteiger partial charge in [-0.25, -0.2) is 12.8 Å². The van der Waals surface area contributed by atoms with Crippen LogP contribution in [-0.2, 0) is 16.6 Å². The predicted octanol–water partition coefficient (Wildman–Crippen LogP) is 2.69. The monoisotopic (exact) mass is 370 g/mol. The Morgan fingerprint density at radius 1 is 1.24 bits per heavy atom. The van der Waals surface area contributed by atoms with E-state index in [4.69, 9.17) is 9.15 Å². The summed E-state index contributed by atoms with van der Waals surface area (Å²) in [6.45, 7) is 0.718. The number of furan rings is 1. The zero-order valence-corrected chi connectivity index (χ0v) is 13.9. The van der Waals surface area contributed by atoms with Gasteiger partial charge in [-0.1, -0.05) is 0 Å². The summed E-state index contributed by atoms with van der Waals surface area (Å²) in [5.74, 6) is -0.868. The lowest BCUT2D eigenvalue weighted by Crippen LogP contribution is -2.27. The van der Waals surface area contributed by atoms with Gasteiger partial charge in [0.15, 0.2) is 11.6 Å². The molecule has 2 heterocycles. The molecular formula is C15H15FN2O6S. The molecule has 1 saturated heterocycles. The Balaban J connectivity index is 1.69. The third-order valence-electron chi connectivity index (χ3n) is 3.79. The number of nitro benzene ring substituents is 1. The lowest BCUT2D eigenvalue weighted by atomic mass is 10.3. The van der Waals surface area contributed by atoms with Gasteiger partial charge in [-0.05, 0) is 31.0 Å². The second-order valence-electron chi connectivity index (χ2n) is 5.49. The molecule has 1 fully saturated rings. The fourth-order valence-electron chi connectivity index (χ4n) is 2.50. The third-order valence-corrected chi connectivity index (χ3v) is 5.57. The number of hydrogen-bond acceptors (Lipinski definition) is 6. The van der Waals surface area contributed by atoms with Crippen molar-refractivity contribution < 1.29 is 26.9 Å². The zero-order chi connectivity index (χ0) is 18.0. The van der Waals surface area contributed by atoms with E-state index in [-0.39, 0.29) is 28.9 Å². The van der Waals surface area contributed by atoms with E-state index >= 15 is 0 Å². The van der Waals surface area contributed by atoms with Gasteiger partial charge in [-0.2, -0.15) is 4.31 Å². The van der Waals surface area contributed by atoms with Crippen molar-refractivity contribution in [1.82, 2.24) is 4.31 Å². The topological polar surface area (TPSA) is 103 Å². The van der Waals surface area contributed by atoms with Gasteiger partial charge >= 0.3 is 0 Å². The summed E-state index contributed by atoms with van der Waals surface area (Å²) >= 11 is 0. The largest absolute Gasteiger partial charge is 0.483 e. The van der Waals surface area contributed by atoms with Gasteiger partial charge in [0.1, 0.15) is 12.4 Å². The smallest absolute Gasteiger partial charge is 0.276 e. The third kappa shape index (κ3) is 3.64. The summed E-state index contributed by atoms with van der Waals surface area (Å²) < 4.78 is 50.3. The maximum absolute atomic E-state index is 13.7. The maximum atomic E-state index is 13.7. The number of benzene rings is 1. The van der Waals surface area contributed by atoms with Gasteiger partial charge < -0.3 is 9.15 Å². The molecule has 1 aliphatic heterocycles. The van der Waals surface area contributed by atoms with Gasteiger partial charge in [0.25, 0.3) is 15.7 Å². The molecule has 1 aliphatic rings. The summed E-state index contributed by atoms with van der Waals surface area (Å²) in [7, 11) is -3.66.